The molecule has 0 atom stereocenters. The summed E-state index contributed by atoms with van der Waals surface area (Å²) in [5, 5.41) is 0. The minimum atomic E-state index is 0.233. The van der Waals surface area contributed by atoms with Gasteiger partial charge in [0.25, 0.3) is 0 Å². The largest absolute Gasteiger partial charge is 0.399 e. The van der Waals surface area contributed by atoms with Gasteiger partial charge in [0.1, 0.15) is 0 Å². The number of rotatable bonds is 3. The minimum absolute atomic E-state index is 0.233. The molecule has 1 aliphatic heterocycles. The lowest BCUT2D eigenvalue weighted by Crippen LogP contribution is -2.44. The summed E-state index contributed by atoms with van der Waals surface area (Å²) in [6.07, 6.45) is 7.09. The highest BCUT2D eigenvalue weighted by molar-refractivity contribution is 5.75. The summed E-state index contributed by atoms with van der Waals surface area (Å²) in [6.45, 7) is 2.55. The van der Waals surface area contributed by atoms with Crippen molar-refractivity contribution in [1.29, 1.82) is 0 Å². The molecule has 0 aromatic heterocycles. The van der Waals surface area contributed by atoms with Gasteiger partial charge < -0.3 is 15.5 Å². The Morgan fingerprint density at radius 3 is 2.29 bits per heavy atom. The molecule has 4 heteroatoms. The monoisotopic (exact) mass is 287 g/mol. The van der Waals surface area contributed by atoms with Gasteiger partial charge in [0.2, 0.25) is 0 Å². The van der Waals surface area contributed by atoms with Gasteiger partial charge in [0.05, 0.1) is 0 Å². The van der Waals surface area contributed by atoms with E-state index in [4.69, 9.17) is 5.73 Å². The maximum Gasteiger partial charge on any atom is 0.320 e. The zero-order valence-electron chi connectivity index (χ0n) is 12.6. The number of likely N-dealkylation sites (tertiary alicyclic amines) is 1. The van der Waals surface area contributed by atoms with E-state index in [2.05, 4.69) is 9.80 Å². The molecule has 2 fully saturated rings. The van der Waals surface area contributed by atoms with Crippen molar-refractivity contribution in [3.63, 3.8) is 0 Å². The molecule has 4 nitrogen and oxygen atoms in total. The molecule has 114 valence electrons. The van der Waals surface area contributed by atoms with Gasteiger partial charge >= 0.3 is 6.03 Å². The zero-order chi connectivity index (χ0) is 14.7. The lowest BCUT2D eigenvalue weighted by Gasteiger charge is -2.30. The van der Waals surface area contributed by atoms with Crippen molar-refractivity contribution >= 4 is 11.7 Å². The average molecular weight is 287 g/mol. The van der Waals surface area contributed by atoms with E-state index in [0.29, 0.717) is 12.6 Å². The number of carbonyl (C=O) groups excluding carboxylic acids is 1. The molecule has 1 heterocycles. The van der Waals surface area contributed by atoms with Gasteiger partial charge in [-0.3, -0.25) is 0 Å². The summed E-state index contributed by atoms with van der Waals surface area (Å²) >= 11 is 0. The molecule has 1 aliphatic carbocycles. The van der Waals surface area contributed by atoms with Crippen molar-refractivity contribution in [3.05, 3.63) is 29.8 Å². The molecule has 2 N–H and O–H groups in total. The van der Waals surface area contributed by atoms with E-state index in [1.165, 1.54) is 18.4 Å². The number of carbonyl (C=O) groups is 1. The van der Waals surface area contributed by atoms with Crippen LogP contribution in [0, 0.1) is 0 Å². The van der Waals surface area contributed by atoms with Crippen LogP contribution in [0.3, 0.4) is 0 Å². The Balaban J connectivity index is 1.68. The summed E-state index contributed by atoms with van der Waals surface area (Å²) in [7, 11) is 0. The van der Waals surface area contributed by atoms with Gasteiger partial charge in [-0.25, -0.2) is 4.79 Å². The van der Waals surface area contributed by atoms with E-state index >= 15 is 0 Å². The topological polar surface area (TPSA) is 49.6 Å². The molecule has 3 rings (SSSR count). The van der Waals surface area contributed by atoms with E-state index in [1.807, 2.05) is 24.3 Å². The first-order valence-corrected chi connectivity index (χ1v) is 8.14. The number of nitrogens with two attached hydrogens (primary N) is 1. The maximum atomic E-state index is 12.8. The summed E-state index contributed by atoms with van der Waals surface area (Å²) < 4.78 is 0. The molecule has 0 unspecified atom stereocenters. The molecule has 21 heavy (non-hydrogen) atoms. The van der Waals surface area contributed by atoms with Gasteiger partial charge in [-0.2, -0.15) is 0 Å². The predicted molar refractivity (Wildman–Crippen MR) is 84.9 cm³/mol. The van der Waals surface area contributed by atoms with E-state index in [9.17, 15) is 4.79 Å². The van der Waals surface area contributed by atoms with Gasteiger partial charge in [0.15, 0.2) is 0 Å². The number of urea groups is 1. The third kappa shape index (κ3) is 3.69. The lowest BCUT2D eigenvalue weighted by molar-refractivity contribution is 0.148. The fourth-order valence-electron chi connectivity index (χ4n) is 3.00. The van der Waals surface area contributed by atoms with E-state index in [0.717, 1.165) is 44.5 Å². The van der Waals surface area contributed by atoms with Crippen molar-refractivity contribution in [3.8, 4) is 0 Å². The van der Waals surface area contributed by atoms with Crippen LogP contribution in [-0.2, 0) is 6.54 Å². The standard InChI is InChI=1S/C17H25N3O/c18-15-7-5-14(6-8-15)13-20(16-9-10-16)17(21)19-11-3-1-2-4-12-19/h5-8,16H,1-4,9-13,18H2. The van der Waals surface area contributed by atoms with Gasteiger partial charge in [-0.05, 0) is 43.4 Å². The van der Waals surface area contributed by atoms with Crippen LogP contribution in [0.1, 0.15) is 44.1 Å². The van der Waals surface area contributed by atoms with Gasteiger partial charge in [0, 0.05) is 31.4 Å². The van der Waals surface area contributed by atoms with E-state index < -0.39 is 0 Å². The van der Waals surface area contributed by atoms with Crippen LogP contribution >= 0.6 is 0 Å². The predicted octanol–water partition coefficient (Wildman–Crippen LogP) is 3.23. The molecule has 2 aliphatic rings. The second-order valence-electron chi connectivity index (χ2n) is 6.28. The SMILES string of the molecule is Nc1ccc(CN(C(=O)N2CCCCCC2)C2CC2)cc1. The number of nitrogen functional groups attached to an aromatic ring is 1. The normalized spacial score (nSPS) is 19.1. The Bertz CT molecular complexity index is 473. The molecule has 1 aromatic rings. The number of hydrogen-bond acceptors (Lipinski definition) is 2. The van der Waals surface area contributed by atoms with Crippen molar-refractivity contribution in [2.24, 2.45) is 0 Å². The van der Waals surface area contributed by atoms with Crippen molar-refractivity contribution in [1.82, 2.24) is 9.80 Å². The van der Waals surface area contributed by atoms with Crippen LogP contribution in [0.5, 0.6) is 0 Å². The number of amides is 2. The van der Waals surface area contributed by atoms with Gasteiger partial charge in [-0.15, -0.1) is 0 Å². The summed E-state index contributed by atoms with van der Waals surface area (Å²) in [6, 6.07) is 8.56. The Morgan fingerprint density at radius 2 is 1.71 bits per heavy atom. The van der Waals surface area contributed by atoms with Crippen molar-refractivity contribution < 1.29 is 4.79 Å². The molecule has 1 saturated carbocycles. The average Bonchev–Trinajstić information content (AvgIpc) is 3.32. The quantitative estimate of drug-likeness (QED) is 0.868. The molecule has 2 amide bonds. The lowest BCUT2D eigenvalue weighted by atomic mass is 10.2. The molecular weight excluding hydrogens is 262 g/mol. The van der Waals surface area contributed by atoms with E-state index in [1.54, 1.807) is 0 Å². The van der Waals surface area contributed by atoms with Crippen LogP contribution in [0.15, 0.2) is 24.3 Å². The molecule has 0 radical (unpaired) electrons. The molecular formula is C17H25N3O. The number of anilines is 1. The highest BCUT2D eigenvalue weighted by atomic mass is 16.2. The van der Waals surface area contributed by atoms with Crippen LogP contribution in [-0.4, -0.2) is 35.0 Å². The molecule has 1 aromatic carbocycles. The number of nitrogens with zero attached hydrogens (tertiary/aromatic N) is 2. The molecule has 1 saturated heterocycles. The smallest absolute Gasteiger partial charge is 0.320 e. The third-order valence-corrected chi connectivity index (χ3v) is 4.44. The Morgan fingerprint density at radius 1 is 1.10 bits per heavy atom. The fourth-order valence-corrected chi connectivity index (χ4v) is 3.00. The van der Waals surface area contributed by atoms with Crippen molar-refractivity contribution in [2.45, 2.75) is 51.1 Å². The zero-order valence-corrected chi connectivity index (χ0v) is 12.6. The van der Waals surface area contributed by atoms with Crippen LogP contribution in [0.4, 0.5) is 10.5 Å². The first kappa shape index (κ1) is 14.2. The van der Waals surface area contributed by atoms with E-state index in [-0.39, 0.29) is 6.03 Å². The first-order chi connectivity index (χ1) is 10.2. The Hall–Kier alpha value is -1.71. The highest BCUT2D eigenvalue weighted by Crippen LogP contribution is 2.30. The second-order valence-corrected chi connectivity index (χ2v) is 6.28. The second kappa shape index (κ2) is 6.37. The fraction of sp³-hybridized carbons (Fsp3) is 0.588. The van der Waals surface area contributed by atoms with Gasteiger partial charge in [-0.1, -0.05) is 25.0 Å². The van der Waals surface area contributed by atoms with Crippen LogP contribution in [0.2, 0.25) is 0 Å². The highest BCUT2D eigenvalue weighted by Gasteiger charge is 2.34. The summed E-state index contributed by atoms with van der Waals surface area (Å²) in [4.78, 5) is 17.0. The Kier molecular flexibility index (Phi) is 4.32. The third-order valence-electron chi connectivity index (χ3n) is 4.44. The van der Waals surface area contributed by atoms with Crippen LogP contribution < -0.4 is 5.73 Å². The summed E-state index contributed by atoms with van der Waals surface area (Å²) in [5.41, 5.74) is 7.67. The number of hydrogen-bond donors (Lipinski definition) is 1. The molecule has 0 bridgehead atoms. The Labute approximate surface area is 126 Å². The molecule has 0 spiro atoms. The van der Waals surface area contributed by atoms with Crippen molar-refractivity contribution in [2.75, 3.05) is 18.8 Å². The minimum Gasteiger partial charge on any atom is -0.399 e. The maximum absolute atomic E-state index is 12.8. The van der Waals surface area contributed by atoms with Crippen LogP contribution in [0.25, 0.3) is 0 Å². The summed E-state index contributed by atoms with van der Waals surface area (Å²) in [5.74, 6) is 0. The first-order valence-electron chi connectivity index (χ1n) is 8.14. The number of benzene rings is 1.